The van der Waals surface area contributed by atoms with Gasteiger partial charge in [0.05, 0.1) is 12.0 Å². The molecule has 1 aliphatic carbocycles. The zero-order valence-electron chi connectivity index (χ0n) is 17.0. The molecular formula is C24H27NO4. The number of esters is 1. The van der Waals surface area contributed by atoms with E-state index in [4.69, 9.17) is 9.47 Å². The van der Waals surface area contributed by atoms with Gasteiger partial charge in [-0.1, -0.05) is 48.5 Å². The Morgan fingerprint density at radius 1 is 1.03 bits per heavy atom. The van der Waals surface area contributed by atoms with Crippen molar-refractivity contribution in [1.29, 1.82) is 0 Å². The van der Waals surface area contributed by atoms with Gasteiger partial charge < -0.3 is 14.4 Å². The number of piperidine rings is 1. The fraction of sp³-hybridized carbons (Fsp3) is 0.417. The number of hydrogen-bond donors (Lipinski definition) is 0. The summed E-state index contributed by atoms with van der Waals surface area (Å²) in [6.07, 6.45) is 1.03. The first-order valence-corrected chi connectivity index (χ1v) is 10.3. The minimum atomic E-state index is -0.353. The van der Waals surface area contributed by atoms with Crippen LogP contribution in [0, 0.1) is 5.92 Å². The van der Waals surface area contributed by atoms with Gasteiger partial charge in [-0.05, 0) is 48.9 Å². The Bertz CT molecular complexity index is 862. The molecule has 1 saturated heterocycles. The highest BCUT2D eigenvalue weighted by molar-refractivity contribution is 5.79. The maximum Gasteiger partial charge on any atom is 0.409 e. The molecule has 0 saturated carbocycles. The number of hydrogen-bond acceptors (Lipinski definition) is 4. The SMILES string of the molecule is CC(C)OC(=O)C1CCCN(C(=O)OCC2c3ccccc3-c3ccccc32)C1. The normalized spacial score (nSPS) is 18.3. The summed E-state index contributed by atoms with van der Waals surface area (Å²) in [7, 11) is 0. The number of amides is 1. The van der Waals surface area contributed by atoms with Gasteiger partial charge in [0.15, 0.2) is 0 Å². The van der Waals surface area contributed by atoms with Crippen molar-refractivity contribution < 1.29 is 19.1 Å². The van der Waals surface area contributed by atoms with Crippen molar-refractivity contribution in [2.45, 2.75) is 38.7 Å². The highest BCUT2D eigenvalue weighted by Gasteiger charge is 2.33. The summed E-state index contributed by atoms with van der Waals surface area (Å²) < 4.78 is 11.0. The number of rotatable bonds is 4. The summed E-state index contributed by atoms with van der Waals surface area (Å²) in [4.78, 5) is 26.6. The molecule has 152 valence electrons. The second-order valence-corrected chi connectivity index (χ2v) is 8.07. The first kappa shape index (κ1) is 19.5. The van der Waals surface area contributed by atoms with Gasteiger partial charge in [0, 0.05) is 19.0 Å². The molecule has 2 aromatic carbocycles. The van der Waals surface area contributed by atoms with E-state index in [0.29, 0.717) is 19.7 Å². The molecule has 1 aliphatic heterocycles. The Morgan fingerprint density at radius 2 is 1.66 bits per heavy atom. The molecule has 0 radical (unpaired) electrons. The molecule has 5 nitrogen and oxygen atoms in total. The number of likely N-dealkylation sites (tertiary alicyclic amines) is 1. The Morgan fingerprint density at radius 3 is 2.28 bits per heavy atom. The molecule has 29 heavy (non-hydrogen) atoms. The summed E-state index contributed by atoms with van der Waals surface area (Å²) in [6.45, 7) is 4.95. The fourth-order valence-corrected chi connectivity index (χ4v) is 4.35. The molecule has 1 unspecified atom stereocenters. The van der Waals surface area contributed by atoms with Crippen molar-refractivity contribution in [2.75, 3.05) is 19.7 Å². The first-order valence-electron chi connectivity index (χ1n) is 10.3. The van der Waals surface area contributed by atoms with Crippen LogP contribution in [0.25, 0.3) is 11.1 Å². The highest BCUT2D eigenvalue weighted by Crippen LogP contribution is 2.44. The van der Waals surface area contributed by atoms with Crippen molar-refractivity contribution >= 4 is 12.1 Å². The molecule has 1 fully saturated rings. The van der Waals surface area contributed by atoms with Crippen molar-refractivity contribution in [3.63, 3.8) is 0 Å². The van der Waals surface area contributed by atoms with Crippen molar-refractivity contribution in [1.82, 2.24) is 4.90 Å². The number of nitrogens with zero attached hydrogens (tertiary/aromatic N) is 1. The zero-order valence-corrected chi connectivity index (χ0v) is 17.0. The van der Waals surface area contributed by atoms with E-state index in [1.807, 2.05) is 38.1 Å². The molecule has 2 aromatic rings. The average molecular weight is 393 g/mol. The highest BCUT2D eigenvalue weighted by atomic mass is 16.6. The lowest BCUT2D eigenvalue weighted by atomic mass is 9.98. The minimum absolute atomic E-state index is 0.0397. The van der Waals surface area contributed by atoms with Crippen LogP contribution in [-0.4, -0.2) is 42.8 Å². The van der Waals surface area contributed by atoms with Crippen LogP contribution in [0.15, 0.2) is 48.5 Å². The second-order valence-electron chi connectivity index (χ2n) is 8.07. The Kier molecular flexibility index (Phi) is 5.56. The molecule has 1 atom stereocenters. The predicted octanol–water partition coefficient (Wildman–Crippen LogP) is 4.60. The zero-order chi connectivity index (χ0) is 20.4. The molecule has 0 aromatic heterocycles. The smallest absolute Gasteiger partial charge is 0.409 e. The lowest BCUT2D eigenvalue weighted by Gasteiger charge is -2.31. The molecule has 0 N–H and O–H groups in total. The Labute approximate surface area is 171 Å². The molecule has 0 spiro atoms. The van der Waals surface area contributed by atoms with Gasteiger partial charge in [-0.25, -0.2) is 4.79 Å². The third kappa shape index (κ3) is 4.00. The molecular weight excluding hydrogens is 366 g/mol. The van der Waals surface area contributed by atoms with E-state index in [-0.39, 0.29) is 30.0 Å². The van der Waals surface area contributed by atoms with E-state index >= 15 is 0 Å². The van der Waals surface area contributed by atoms with Crippen molar-refractivity contribution in [3.05, 3.63) is 59.7 Å². The van der Waals surface area contributed by atoms with Gasteiger partial charge >= 0.3 is 12.1 Å². The third-order valence-electron chi connectivity index (χ3n) is 5.70. The molecule has 1 amide bonds. The maximum atomic E-state index is 12.7. The topological polar surface area (TPSA) is 55.8 Å². The van der Waals surface area contributed by atoms with E-state index in [0.717, 1.165) is 12.8 Å². The molecule has 2 aliphatic rings. The molecule has 5 heteroatoms. The summed E-state index contributed by atoms with van der Waals surface area (Å²) in [6, 6.07) is 16.6. The van der Waals surface area contributed by atoms with Crippen molar-refractivity contribution in [3.8, 4) is 11.1 Å². The van der Waals surface area contributed by atoms with Gasteiger partial charge in [0.2, 0.25) is 0 Å². The summed E-state index contributed by atoms with van der Waals surface area (Å²) in [5, 5.41) is 0. The lowest BCUT2D eigenvalue weighted by Crippen LogP contribution is -2.43. The first-order chi connectivity index (χ1) is 14.0. The number of benzene rings is 2. The Hall–Kier alpha value is -2.82. The van der Waals surface area contributed by atoms with Gasteiger partial charge in [-0.15, -0.1) is 0 Å². The fourth-order valence-electron chi connectivity index (χ4n) is 4.35. The van der Waals surface area contributed by atoms with Crippen LogP contribution in [0.5, 0.6) is 0 Å². The Balaban J connectivity index is 1.42. The van der Waals surface area contributed by atoms with Crippen LogP contribution < -0.4 is 0 Å². The largest absolute Gasteiger partial charge is 0.463 e. The quantitative estimate of drug-likeness (QED) is 0.713. The third-order valence-corrected chi connectivity index (χ3v) is 5.70. The monoisotopic (exact) mass is 393 g/mol. The van der Waals surface area contributed by atoms with Crippen LogP contribution >= 0.6 is 0 Å². The van der Waals surface area contributed by atoms with E-state index in [2.05, 4.69) is 24.3 Å². The molecule has 4 rings (SSSR count). The van der Waals surface area contributed by atoms with E-state index in [1.165, 1.54) is 22.3 Å². The van der Waals surface area contributed by atoms with E-state index < -0.39 is 0 Å². The van der Waals surface area contributed by atoms with Gasteiger partial charge in [-0.2, -0.15) is 0 Å². The lowest BCUT2D eigenvalue weighted by molar-refractivity contribution is -0.154. The number of ether oxygens (including phenoxy) is 2. The molecule has 1 heterocycles. The second kappa shape index (κ2) is 8.27. The molecule has 0 bridgehead atoms. The average Bonchev–Trinajstić information content (AvgIpc) is 3.05. The number of fused-ring (bicyclic) bond motifs is 3. The summed E-state index contributed by atoms with van der Waals surface area (Å²) in [5.41, 5.74) is 4.80. The van der Waals surface area contributed by atoms with Crippen LogP contribution in [0.4, 0.5) is 4.79 Å². The summed E-state index contributed by atoms with van der Waals surface area (Å²) in [5.74, 6) is -0.458. The maximum absolute atomic E-state index is 12.7. The van der Waals surface area contributed by atoms with E-state index in [9.17, 15) is 9.59 Å². The van der Waals surface area contributed by atoms with Gasteiger partial charge in [0.1, 0.15) is 6.61 Å². The predicted molar refractivity (Wildman–Crippen MR) is 111 cm³/mol. The van der Waals surface area contributed by atoms with Crippen LogP contribution in [0.1, 0.15) is 43.7 Å². The van der Waals surface area contributed by atoms with Crippen molar-refractivity contribution in [2.24, 2.45) is 5.92 Å². The van der Waals surface area contributed by atoms with E-state index in [1.54, 1.807) is 4.90 Å². The van der Waals surface area contributed by atoms with Crippen LogP contribution in [-0.2, 0) is 14.3 Å². The number of carbonyl (C=O) groups excluding carboxylic acids is 2. The van der Waals surface area contributed by atoms with Crippen LogP contribution in [0.3, 0.4) is 0 Å². The van der Waals surface area contributed by atoms with Crippen LogP contribution in [0.2, 0.25) is 0 Å². The number of carbonyl (C=O) groups is 2. The summed E-state index contributed by atoms with van der Waals surface area (Å²) >= 11 is 0. The standard InChI is InChI=1S/C24H27NO4/c1-16(2)29-23(26)17-8-7-13-25(14-17)24(27)28-15-22-20-11-5-3-9-18(20)19-10-4-6-12-21(19)22/h3-6,9-12,16-17,22H,7-8,13-15H2,1-2H3. The minimum Gasteiger partial charge on any atom is -0.463 e. The van der Waals surface area contributed by atoms with Gasteiger partial charge in [-0.3, -0.25) is 4.79 Å². The van der Waals surface area contributed by atoms with Gasteiger partial charge in [0.25, 0.3) is 0 Å².